The van der Waals surface area contributed by atoms with Crippen molar-refractivity contribution in [3.63, 3.8) is 0 Å². The summed E-state index contributed by atoms with van der Waals surface area (Å²) in [6.45, 7) is 0. The molecule has 0 N–H and O–H groups in total. The summed E-state index contributed by atoms with van der Waals surface area (Å²) < 4.78 is 0. The van der Waals surface area contributed by atoms with Gasteiger partial charge in [-0.1, -0.05) is 164 Å². The van der Waals surface area contributed by atoms with Crippen LogP contribution in [0.15, 0.2) is 164 Å². The molecular weight excluding hydrogens is 583 g/mol. The molecule has 9 aromatic rings. The Morgan fingerprint density at radius 3 is 1.21 bits per heavy atom. The first-order valence-electron chi connectivity index (χ1n) is 16.3. The Labute approximate surface area is 277 Å². The van der Waals surface area contributed by atoms with Gasteiger partial charge >= 0.3 is 0 Å². The topological polar surface area (TPSA) is 38.7 Å². The lowest BCUT2D eigenvalue weighted by Gasteiger charge is -2.19. The van der Waals surface area contributed by atoms with Crippen LogP contribution in [0.5, 0.6) is 0 Å². The Balaban J connectivity index is 1.30. The predicted octanol–water partition coefficient (Wildman–Crippen LogP) is 11.6. The van der Waals surface area contributed by atoms with E-state index < -0.39 is 0 Å². The Bertz CT molecular complexity index is 2570. The van der Waals surface area contributed by atoms with Gasteiger partial charge in [-0.05, 0) is 65.7 Å². The molecule has 10 rings (SSSR count). The van der Waals surface area contributed by atoms with Gasteiger partial charge in [-0.15, -0.1) is 0 Å². The second-order valence-electron chi connectivity index (χ2n) is 12.3. The zero-order chi connectivity index (χ0) is 31.6. The number of nitrogens with zero attached hydrogens (tertiary/aromatic N) is 3. The van der Waals surface area contributed by atoms with Crippen molar-refractivity contribution in [3.05, 3.63) is 164 Å². The first-order chi connectivity index (χ1) is 23.8. The van der Waals surface area contributed by atoms with Crippen LogP contribution in [-0.2, 0) is 0 Å². The lowest BCUT2D eigenvalue weighted by Crippen LogP contribution is -2.01. The fourth-order valence-corrected chi connectivity index (χ4v) is 7.61. The fourth-order valence-electron chi connectivity index (χ4n) is 7.61. The average Bonchev–Trinajstić information content (AvgIpc) is 3.49. The molecule has 0 fully saturated rings. The highest BCUT2D eigenvalue weighted by atomic mass is 15.0. The van der Waals surface area contributed by atoms with Gasteiger partial charge in [0.05, 0.1) is 0 Å². The molecule has 48 heavy (non-hydrogen) atoms. The summed E-state index contributed by atoms with van der Waals surface area (Å²) in [5, 5.41) is 7.16. The van der Waals surface area contributed by atoms with Crippen LogP contribution in [-0.4, -0.2) is 15.0 Å². The number of benzene rings is 8. The molecule has 0 radical (unpaired) electrons. The maximum absolute atomic E-state index is 5.18. The number of rotatable bonds is 4. The molecule has 222 valence electrons. The minimum atomic E-state index is 0.656. The third-order valence-corrected chi connectivity index (χ3v) is 9.67. The van der Waals surface area contributed by atoms with Gasteiger partial charge in [0.25, 0.3) is 0 Å². The summed E-state index contributed by atoms with van der Waals surface area (Å²) in [4.78, 5) is 15.3. The molecule has 0 saturated heterocycles. The van der Waals surface area contributed by atoms with Crippen molar-refractivity contribution in [1.82, 2.24) is 15.0 Å². The molecule has 1 heterocycles. The molecule has 1 aromatic heterocycles. The van der Waals surface area contributed by atoms with Gasteiger partial charge < -0.3 is 0 Å². The number of aromatic nitrogens is 3. The summed E-state index contributed by atoms with van der Waals surface area (Å²) >= 11 is 0. The molecule has 0 atom stereocenters. The number of fused-ring (bicyclic) bond motifs is 5. The second-order valence-corrected chi connectivity index (χ2v) is 12.3. The standard InChI is InChI=1S/C45H27N3/c1-3-14-28(15-4-1)43-46-44(29-16-5-2-6-17-29)48-45(47-43)42-36-22-11-9-20-33(36)41(34-21-10-12-23-37(34)42)39-27-26-38-31-19-8-7-18-30(31)32-24-13-25-35(39)40(32)38/h1-27H. The van der Waals surface area contributed by atoms with Crippen molar-refractivity contribution < 1.29 is 0 Å². The smallest absolute Gasteiger partial charge is 0.165 e. The Morgan fingerprint density at radius 2 is 0.646 bits per heavy atom. The van der Waals surface area contributed by atoms with Crippen molar-refractivity contribution >= 4 is 32.3 Å². The van der Waals surface area contributed by atoms with E-state index >= 15 is 0 Å². The van der Waals surface area contributed by atoms with Gasteiger partial charge in [0.15, 0.2) is 17.5 Å². The summed E-state index contributed by atoms with van der Waals surface area (Å²) in [7, 11) is 0. The normalized spacial score (nSPS) is 11.8. The van der Waals surface area contributed by atoms with Crippen LogP contribution in [0.4, 0.5) is 0 Å². The lowest BCUT2D eigenvalue weighted by molar-refractivity contribution is 1.08. The van der Waals surface area contributed by atoms with E-state index in [0.29, 0.717) is 17.5 Å². The molecule has 0 aliphatic heterocycles. The first-order valence-corrected chi connectivity index (χ1v) is 16.3. The SMILES string of the molecule is c1ccc(-c2nc(-c3ccccc3)nc(-c3c4ccccc4c(-c4ccc5c6c(cccc46)-c4ccccc4-5)c4ccccc34)n2)cc1. The molecule has 0 spiro atoms. The molecule has 3 nitrogen and oxygen atoms in total. The van der Waals surface area contributed by atoms with E-state index in [2.05, 4.69) is 127 Å². The highest BCUT2D eigenvalue weighted by molar-refractivity contribution is 6.26. The van der Waals surface area contributed by atoms with E-state index in [1.165, 1.54) is 54.9 Å². The van der Waals surface area contributed by atoms with E-state index in [-0.39, 0.29) is 0 Å². The molecule has 1 aliphatic rings. The second kappa shape index (κ2) is 10.5. The zero-order valence-corrected chi connectivity index (χ0v) is 25.9. The van der Waals surface area contributed by atoms with Crippen LogP contribution in [0.3, 0.4) is 0 Å². The monoisotopic (exact) mass is 609 g/mol. The molecule has 0 saturated carbocycles. The maximum Gasteiger partial charge on any atom is 0.165 e. The van der Waals surface area contributed by atoms with E-state index in [0.717, 1.165) is 27.5 Å². The summed E-state index contributed by atoms with van der Waals surface area (Å²) in [5.74, 6) is 1.98. The fraction of sp³-hybridized carbons (Fsp3) is 0. The van der Waals surface area contributed by atoms with Gasteiger partial charge in [0.1, 0.15) is 0 Å². The third kappa shape index (κ3) is 3.98. The first kappa shape index (κ1) is 26.7. The molecule has 1 aliphatic carbocycles. The molecule has 0 bridgehead atoms. The zero-order valence-electron chi connectivity index (χ0n) is 25.9. The highest BCUT2D eigenvalue weighted by Crippen LogP contribution is 2.51. The maximum atomic E-state index is 5.18. The molecule has 0 amide bonds. The predicted molar refractivity (Wildman–Crippen MR) is 199 cm³/mol. The molecule has 0 unspecified atom stereocenters. The van der Waals surface area contributed by atoms with Crippen LogP contribution in [0, 0.1) is 0 Å². The van der Waals surface area contributed by atoms with Gasteiger partial charge in [-0.2, -0.15) is 0 Å². The van der Waals surface area contributed by atoms with Crippen LogP contribution >= 0.6 is 0 Å². The quantitative estimate of drug-likeness (QED) is 0.186. The highest BCUT2D eigenvalue weighted by Gasteiger charge is 2.25. The van der Waals surface area contributed by atoms with Gasteiger partial charge in [-0.3, -0.25) is 0 Å². The van der Waals surface area contributed by atoms with Gasteiger partial charge in [-0.25, -0.2) is 15.0 Å². The van der Waals surface area contributed by atoms with Crippen molar-refractivity contribution in [2.45, 2.75) is 0 Å². The molecule has 3 heteroatoms. The van der Waals surface area contributed by atoms with Crippen molar-refractivity contribution in [3.8, 4) is 67.5 Å². The van der Waals surface area contributed by atoms with E-state index in [9.17, 15) is 0 Å². The van der Waals surface area contributed by atoms with Gasteiger partial charge in [0.2, 0.25) is 0 Å². The van der Waals surface area contributed by atoms with Crippen molar-refractivity contribution in [1.29, 1.82) is 0 Å². The minimum absolute atomic E-state index is 0.656. The Kier molecular flexibility index (Phi) is 5.87. The number of hydrogen-bond acceptors (Lipinski definition) is 3. The van der Waals surface area contributed by atoms with Gasteiger partial charge in [0, 0.05) is 16.7 Å². The Hall–Kier alpha value is -6.45. The van der Waals surface area contributed by atoms with Crippen molar-refractivity contribution in [2.24, 2.45) is 0 Å². The van der Waals surface area contributed by atoms with E-state index in [1.807, 2.05) is 36.4 Å². The molecule has 8 aromatic carbocycles. The lowest BCUT2D eigenvalue weighted by atomic mass is 9.85. The molecular formula is C45H27N3. The van der Waals surface area contributed by atoms with Crippen LogP contribution in [0.25, 0.3) is 99.9 Å². The van der Waals surface area contributed by atoms with Crippen molar-refractivity contribution in [2.75, 3.05) is 0 Å². The van der Waals surface area contributed by atoms with Crippen LogP contribution < -0.4 is 0 Å². The van der Waals surface area contributed by atoms with Crippen LogP contribution in [0.2, 0.25) is 0 Å². The van der Waals surface area contributed by atoms with Crippen LogP contribution in [0.1, 0.15) is 0 Å². The van der Waals surface area contributed by atoms with E-state index in [4.69, 9.17) is 15.0 Å². The largest absolute Gasteiger partial charge is 0.208 e. The summed E-state index contributed by atoms with van der Waals surface area (Å²) in [6.07, 6.45) is 0. The minimum Gasteiger partial charge on any atom is -0.208 e. The summed E-state index contributed by atoms with van der Waals surface area (Å²) in [5.41, 5.74) is 10.6. The Morgan fingerprint density at radius 1 is 0.250 bits per heavy atom. The third-order valence-electron chi connectivity index (χ3n) is 9.67. The number of hydrogen-bond donors (Lipinski definition) is 0. The van der Waals surface area contributed by atoms with E-state index in [1.54, 1.807) is 0 Å². The average molecular weight is 610 g/mol. The summed E-state index contributed by atoms with van der Waals surface area (Å²) in [6, 6.07) is 57.9.